The number of carbonyl (C=O) groups is 2. The Bertz CT molecular complexity index is 1250. The summed E-state index contributed by atoms with van der Waals surface area (Å²) in [4.78, 5) is 24.7. The molecule has 0 radical (unpaired) electrons. The SMILES string of the molecule is CCCc1cc(C2CCCCC2)c(CCC)c(-c2ccccc2C(=O)O)c1-c1ccccc1C(=O)O. The zero-order valence-corrected chi connectivity index (χ0v) is 21.3. The Labute approximate surface area is 214 Å². The Morgan fingerprint density at radius 3 is 1.81 bits per heavy atom. The molecule has 188 valence electrons. The molecular formula is C32H36O4. The first-order chi connectivity index (χ1) is 17.5. The fourth-order valence-corrected chi connectivity index (χ4v) is 5.95. The number of carboxylic acids is 2. The molecule has 2 N–H and O–H groups in total. The van der Waals surface area contributed by atoms with Crippen LogP contribution in [-0.4, -0.2) is 22.2 Å². The minimum absolute atomic E-state index is 0.247. The monoisotopic (exact) mass is 484 g/mol. The summed E-state index contributed by atoms with van der Waals surface area (Å²) in [6, 6.07) is 16.7. The summed E-state index contributed by atoms with van der Waals surface area (Å²) < 4.78 is 0. The van der Waals surface area contributed by atoms with Crippen LogP contribution in [0.4, 0.5) is 0 Å². The highest BCUT2D eigenvalue weighted by molar-refractivity contribution is 6.04. The first-order valence-electron chi connectivity index (χ1n) is 13.3. The van der Waals surface area contributed by atoms with Crippen molar-refractivity contribution in [2.24, 2.45) is 0 Å². The number of aryl methyl sites for hydroxylation is 1. The van der Waals surface area contributed by atoms with E-state index < -0.39 is 11.9 Å². The molecule has 0 aliphatic heterocycles. The lowest BCUT2D eigenvalue weighted by Crippen LogP contribution is -2.13. The van der Waals surface area contributed by atoms with Crippen molar-refractivity contribution in [2.45, 2.75) is 77.6 Å². The maximum absolute atomic E-state index is 12.4. The van der Waals surface area contributed by atoms with E-state index in [0.29, 0.717) is 17.0 Å². The molecule has 36 heavy (non-hydrogen) atoms. The fraction of sp³-hybridized carbons (Fsp3) is 0.375. The van der Waals surface area contributed by atoms with E-state index in [9.17, 15) is 19.8 Å². The predicted molar refractivity (Wildman–Crippen MR) is 145 cm³/mol. The molecule has 4 heteroatoms. The molecular weight excluding hydrogens is 448 g/mol. The van der Waals surface area contributed by atoms with E-state index in [1.165, 1.54) is 30.4 Å². The molecule has 4 rings (SSSR count). The van der Waals surface area contributed by atoms with Gasteiger partial charge in [0.1, 0.15) is 0 Å². The van der Waals surface area contributed by atoms with Crippen molar-refractivity contribution in [3.63, 3.8) is 0 Å². The van der Waals surface area contributed by atoms with Crippen molar-refractivity contribution in [3.05, 3.63) is 82.4 Å². The zero-order chi connectivity index (χ0) is 25.7. The molecule has 0 heterocycles. The summed E-state index contributed by atoms with van der Waals surface area (Å²) in [6.45, 7) is 4.29. The van der Waals surface area contributed by atoms with Crippen molar-refractivity contribution >= 4 is 11.9 Å². The molecule has 4 nitrogen and oxygen atoms in total. The largest absolute Gasteiger partial charge is 0.478 e. The first-order valence-corrected chi connectivity index (χ1v) is 13.3. The number of hydrogen-bond acceptors (Lipinski definition) is 2. The van der Waals surface area contributed by atoms with Gasteiger partial charge in [-0.25, -0.2) is 9.59 Å². The molecule has 0 unspecified atom stereocenters. The molecule has 1 saturated carbocycles. The highest BCUT2D eigenvalue weighted by atomic mass is 16.4. The van der Waals surface area contributed by atoms with Crippen LogP contribution in [0.3, 0.4) is 0 Å². The van der Waals surface area contributed by atoms with Gasteiger partial charge in [-0.2, -0.15) is 0 Å². The quantitative estimate of drug-likeness (QED) is 0.320. The summed E-state index contributed by atoms with van der Waals surface area (Å²) in [5.74, 6) is -1.49. The average molecular weight is 485 g/mol. The first kappa shape index (κ1) is 25.7. The lowest BCUT2D eigenvalue weighted by atomic mass is 9.74. The van der Waals surface area contributed by atoms with E-state index in [-0.39, 0.29) is 11.1 Å². The molecule has 3 aromatic rings. The van der Waals surface area contributed by atoms with E-state index in [4.69, 9.17) is 0 Å². The van der Waals surface area contributed by atoms with Crippen LogP contribution in [0.1, 0.15) is 102 Å². The van der Waals surface area contributed by atoms with Gasteiger partial charge in [-0.15, -0.1) is 0 Å². The van der Waals surface area contributed by atoms with Crippen LogP contribution in [0, 0.1) is 0 Å². The van der Waals surface area contributed by atoms with Gasteiger partial charge in [0, 0.05) is 0 Å². The Morgan fingerprint density at radius 2 is 1.28 bits per heavy atom. The zero-order valence-electron chi connectivity index (χ0n) is 21.3. The summed E-state index contributed by atoms with van der Waals surface area (Å²) in [5, 5.41) is 20.2. The van der Waals surface area contributed by atoms with Gasteiger partial charge in [0.25, 0.3) is 0 Å². The van der Waals surface area contributed by atoms with Crippen LogP contribution in [0.25, 0.3) is 22.3 Å². The average Bonchev–Trinajstić information content (AvgIpc) is 2.89. The highest BCUT2D eigenvalue weighted by Crippen LogP contribution is 2.46. The number of carboxylic acid groups (broad SMARTS) is 2. The normalized spacial score (nSPS) is 14.1. The maximum atomic E-state index is 12.4. The fourth-order valence-electron chi connectivity index (χ4n) is 5.95. The highest BCUT2D eigenvalue weighted by Gasteiger charge is 2.28. The van der Waals surface area contributed by atoms with Crippen molar-refractivity contribution in [3.8, 4) is 22.3 Å². The molecule has 1 fully saturated rings. The number of hydrogen-bond donors (Lipinski definition) is 2. The van der Waals surface area contributed by atoms with Crippen LogP contribution in [-0.2, 0) is 12.8 Å². The molecule has 0 spiro atoms. The van der Waals surface area contributed by atoms with Crippen molar-refractivity contribution in [1.82, 2.24) is 0 Å². The number of aromatic carboxylic acids is 2. The van der Waals surface area contributed by atoms with Gasteiger partial charge in [0.15, 0.2) is 0 Å². The summed E-state index contributed by atoms with van der Waals surface area (Å²) in [6.07, 6.45) is 9.45. The van der Waals surface area contributed by atoms with Gasteiger partial charge in [-0.05, 0) is 82.7 Å². The van der Waals surface area contributed by atoms with Gasteiger partial charge >= 0.3 is 11.9 Å². The molecule has 0 bridgehead atoms. The van der Waals surface area contributed by atoms with Gasteiger partial charge in [0.05, 0.1) is 11.1 Å². The summed E-state index contributed by atoms with van der Waals surface area (Å²) in [5.41, 5.74) is 7.28. The maximum Gasteiger partial charge on any atom is 0.336 e. The number of rotatable bonds is 9. The smallest absolute Gasteiger partial charge is 0.336 e. The molecule has 0 aromatic heterocycles. The third-order valence-corrected chi connectivity index (χ3v) is 7.47. The Hall–Kier alpha value is -3.40. The van der Waals surface area contributed by atoms with Crippen LogP contribution < -0.4 is 0 Å². The molecule has 0 saturated heterocycles. The number of benzene rings is 3. The second-order valence-electron chi connectivity index (χ2n) is 9.89. The minimum atomic E-state index is -0.973. The van der Waals surface area contributed by atoms with Crippen LogP contribution >= 0.6 is 0 Å². The van der Waals surface area contributed by atoms with E-state index in [0.717, 1.165) is 55.2 Å². The summed E-state index contributed by atoms with van der Waals surface area (Å²) >= 11 is 0. The van der Waals surface area contributed by atoms with Gasteiger partial charge in [0.2, 0.25) is 0 Å². The van der Waals surface area contributed by atoms with Gasteiger partial charge < -0.3 is 10.2 Å². The molecule has 3 aromatic carbocycles. The van der Waals surface area contributed by atoms with Crippen LogP contribution in [0.2, 0.25) is 0 Å². The summed E-state index contributed by atoms with van der Waals surface area (Å²) in [7, 11) is 0. The van der Waals surface area contributed by atoms with Crippen molar-refractivity contribution in [2.75, 3.05) is 0 Å². The lowest BCUT2D eigenvalue weighted by molar-refractivity contribution is 0.0686. The Kier molecular flexibility index (Phi) is 8.25. The van der Waals surface area contributed by atoms with E-state index in [2.05, 4.69) is 19.9 Å². The Morgan fingerprint density at radius 1 is 0.750 bits per heavy atom. The molecule has 1 aliphatic rings. The van der Waals surface area contributed by atoms with E-state index in [1.807, 2.05) is 24.3 Å². The second kappa shape index (κ2) is 11.6. The molecule has 0 amide bonds. The van der Waals surface area contributed by atoms with E-state index >= 15 is 0 Å². The topological polar surface area (TPSA) is 74.6 Å². The third-order valence-electron chi connectivity index (χ3n) is 7.47. The minimum Gasteiger partial charge on any atom is -0.478 e. The van der Waals surface area contributed by atoms with Crippen molar-refractivity contribution < 1.29 is 19.8 Å². The van der Waals surface area contributed by atoms with Gasteiger partial charge in [-0.1, -0.05) is 88.4 Å². The van der Waals surface area contributed by atoms with Crippen LogP contribution in [0.5, 0.6) is 0 Å². The van der Waals surface area contributed by atoms with Crippen LogP contribution in [0.15, 0.2) is 54.6 Å². The Balaban J connectivity index is 2.18. The van der Waals surface area contributed by atoms with Crippen molar-refractivity contribution in [1.29, 1.82) is 0 Å². The van der Waals surface area contributed by atoms with Gasteiger partial charge in [-0.3, -0.25) is 0 Å². The standard InChI is InChI=1S/C32H36O4/c1-3-12-22-20-28(21-14-6-5-7-15-21)23(13-4-2)30(25-17-9-11-19-27(25)32(35)36)29(22)24-16-8-10-18-26(24)31(33)34/h8-11,16-21H,3-7,12-15H2,1-2H3,(H,33,34)(H,35,36). The molecule has 1 aliphatic carbocycles. The predicted octanol–water partition coefficient (Wildman–Crippen LogP) is 8.37. The third kappa shape index (κ3) is 5.09. The lowest BCUT2D eigenvalue weighted by Gasteiger charge is -2.30. The second-order valence-corrected chi connectivity index (χ2v) is 9.89. The molecule has 0 atom stereocenters. The van der Waals surface area contributed by atoms with E-state index in [1.54, 1.807) is 24.3 Å².